The molecule has 1 amide bonds. The molecule has 2 aliphatic heterocycles. The zero-order chi connectivity index (χ0) is 14.2. The summed E-state index contributed by atoms with van der Waals surface area (Å²) < 4.78 is 2.02. The Bertz CT molecular complexity index is 638. The van der Waals surface area contributed by atoms with Gasteiger partial charge >= 0.3 is 0 Å². The van der Waals surface area contributed by atoms with Crippen molar-refractivity contribution in [2.75, 3.05) is 12.3 Å². The van der Waals surface area contributed by atoms with E-state index in [0.717, 1.165) is 24.4 Å². The third-order valence-corrected chi connectivity index (χ3v) is 5.68. The minimum atomic E-state index is 0.192. The molecule has 2 saturated heterocycles. The molecule has 2 bridgehead atoms. The first kappa shape index (κ1) is 13.0. The number of thioether (sulfide) groups is 1. The Labute approximate surface area is 128 Å². The largest absolute Gasteiger partial charge is 0.334 e. The predicted octanol–water partition coefficient (Wildman–Crippen LogP) is 2.26. The Balaban J connectivity index is 1.47. The lowest BCUT2D eigenvalue weighted by Gasteiger charge is -2.26. The highest BCUT2D eigenvalue weighted by molar-refractivity contribution is 8.00. The quantitative estimate of drug-likeness (QED) is 0.872. The van der Waals surface area contributed by atoms with Crippen molar-refractivity contribution in [2.45, 2.75) is 24.3 Å². The van der Waals surface area contributed by atoms with Crippen molar-refractivity contribution in [1.29, 1.82) is 0 Å². The number of aromatic nitrogens is 2. The molecule has 5 heteroatoms. The van der Waals surface area contributed by atoms with Gasteiger partial charge in [-0.15, -0.1) is 0 Å². The second-order valence-corrected chi connectivity index (χ2v) is 7.07. The number of carbonyl (C=O) groups excluding carboxylic acids is 1. The summed E-state index contributed by atoms with van der Waals surface area (Å²) in [6, 6.07) is 8.44. The molecule has 0 N–H and O–H groups in total. The first-order chi connectivity index (χ1) is 10.3. The molecule has 4 rings (SSSR count). The normalized spacial score (nSPS) is 23.7. The molecule has 1 aromatic carbocycles. The van der Waals surface area contributed by atoms with E-state index in [0.29, 0.717) is 11.3 Å². The van der Waals surface area contributed by atoms with Crippen molar-refractivity contribution in [3.63, 3.8) is 0 Å². The number of fused-ring (bicyclic) bond motifs is 2. The van der Waals surface area contributed by atoms with Gasteiger partial charge in [0.2, 0.25) is 0 Å². The van der Waals surface area contributed by atoms with Crippen LogP contribution in [0.2, 0.25) is 0 Å². The third kappa shape index (κ3) is 2.46. The highest BCUT2D eigenvalue weighted by atomic mass is 32.2. The van der Waals surface area contributed by atoms with Gasteiger partial charge in [-0.1, -0.05) is 12.1 Å². The van der Waals surface area contributed by atoms with Crippen LogP contribution in [0.4, 0.5) is 0 Å². The van der Waals surface area contributed by atoms with Crippen LogP contribution in [-0.2, 0) is 6.54 Å². The summed E-state index contributed by atoms with van der Waals surface area (Å²) in [4.78, 5) is 18.7. The standard InChI is InChI=1S/C16H17N3OS/c20-16(19-9-15-7-14(19)10-21-15)13-3-1-12(2-4-13)8-18-6-5-17-11-18/h1-6,11,14-15H,7-10H2. The summed E-state index contributed by atoms with van der Waals surface area (Å²) in [7, 11) is 0. The lowest BCUT2D eigenvalue weighted by molar-refractivity contribution is 0.0747. The highest BCUT2D eigenvalue weighted by Crippen LogP contribution is 2.38. The van der Waals surface area contributed by atoms with Crippen molar-refractivity contribution in [3.05, 3.63) is 54.1 Å². The van der Waals surface area contributed by atoms with Crippen LogP contribution in [-0.4, -0.2) is 43.9 Å². The summed E-state index contributed by atoms with van der Waals surface area (Å²) in [5.41, 5.74) is 1.99. The first-order valence-electron chi connectivity index (χ1n) is 7.27. The van der Waals surface area contributed by atoms with Gasteiger partial charge in [0.25, 0.3) is 5.91 Å². The van der Waals surface area contributed by atoms with Crippen molar-refractivity contribution in [3.8, 4) is 0 Å². The number of hydrogen-bond acceptors (Lipinski definition) is 3. The molecule has 2 atom stereocenters. The molecule has 2 aromatic rings. The van der Waals surface area contributed by atoms with Gasteiger partial charge in [0.15, 0.2) is 0 Å². The van der Waals surface area contributed by atoms with E-state index >= 15 is 0 Å². The van der Waals surface area contributed by atoms with Gasteiger partial charge in [-0.25, -0.2) is 4.98 Å². The molecule has 2 aliphatic rings. The van der Waals surface area contributed by atoms with E-state index in [1.807, 2.05) is 46.8 Å². The Morgan fingerprint density at radius 1 is 1.33 bits per heavy atom. The van der Waals surface area contributed by atoms with E-state index in [9.17, 15) is 4.79 Å². The average Bonchev–Trinajstić information content (AvgIpc) is 3.25. The van der Waals surface area contributed by atoms with Crippen LogP contribution in [0.5, 0.6) is 0 Å². The van der Waals surface area contributed by atoms with Crippen LogP contribution in [0.3, 0.4) is 0 Å². The van der Waals surface area contributed by atoms with E-state index in [1.165, 1.54) is 12.0 Å². The fraction of sp³-hybridized carbons (Fsp3) is 0.375. The van der Waals surface area contributed by atoms with E-state index in [4.69, 9.17) is 0 Å². The van der Waals surface area contributed by atoms with Gasteiger partial charge in [-0.2, -0.15) is 11.8 Å². The lowest BCUT2D eigenvalue weighted by Crippen LogP contribution is -2.39. The molecule has 1 aromatic heterocycles. The van der Waals surface area contributed by atoms with Crippen LogP contribution in [0.1, 0.15) is 22.3 Å². The van der Waals surface area contributed by atoms with Gasteiger partial charge < -0.3 is 9.47 Å². The molecule has 0 aliphatic carbocycles. The van der Waals surface area contributed by atoms with Gasteiger partial charge in [-0.3, -0.25) is 4.79 Å². The number of rotatable bonds is 3. The fourth-order valence-electron chi connectivity index (χ4n) is 3.16. The molecule has 2 fully saturated rings. The second kappa shape index (κ2) is 5.22. The Morgan fingerprint density at radius 2 is 2.19 bits per heavy atom. The molecule has 108 valence electrons. The van der Waals surface area contributed by atoms with Crippen LogP contribution in [0.25, 0.3) is 0 Å². The van der Waals surface area contributed by atoms with Crippen LogP contribution in [0, 0.1) is 0 Å². The number of likely N-dealkylation sites (tertiary alicyclic amines) is 1. The maximum Gasteiger partial charge on any atom is 0.254 e. The smallest absolute Gasteiger partial charge is 0.254 e. The summed E-state index contributed by atoms with van der Waals surface area (Å²) in [6.45, 7) is 1.71. The number of nitrogens with zero attached hydrogens (tertiary/aromatic N) is 3. The number of carbonyl (C=O) groups is 1. The van der Waals surface area contributed by atoms with E-state index in [2.05, 4.69) is 9.88 Å². The average molecular weight is 299 g/mol. The minimum Gasteiger partial charge on any atom is -0.334 e. The van der Waals surface area contributed by atoms with Gasteiger partial charge in [-0.05, 0) is 24.1 Å². The Hall–Kier alpha value is -1.75. The number of amides is 1. The SMILES string of the molecule is O=C(c1ccc(Cn2ccnc2)cc1)N1CC2CC1CS2. The zero-order valence-corrected chi connectivity index (χ0v) is 12.5. The molecule has 21 heavy (non-hydrogen) atoms. The van der Waals surface area contributed by atoms with Crippen LogP contribution < -0.4 is 0 Å². The molecule has 3 heterocycles. The van der Waals surface area contributed by atoms with Crippen LogP contribution >= 0.6 is 11.8 Å². The zero-order valence-electron chi connectivity index (χ0n) is 11.7. The van der Waals surface area contributed by atoms with Gasteiger partial charge in [0.1, 0.15) is 0 Å². The summed E-state index contributed by atoms with van der Waals surface area (Å²) in [5.74, 6) is 1.30. The molecule has 0 spiro atoms. The van der Waals surface area contributed by atoms with Gasteiger partial charge in [0, 0.05) is 48.1 Å². The van der Waals surface area contributed by atoms with E-state index in [1.54, 1.807) is 12.5 Å². The Morgan fingerprint density at radius 3 is 2.81 bits per heavy atom. The summed E-state index contributed by atoms with van der Waals surface area (Å²) >= 11 is 2.01. The van der Waals surface area contributed by atoms with E-state index < -0.39 is 0 Å². The summed E-state index contributed by atoms with van der Waals surface area (Å²) in [6.07, 6.45) is 6.70. The number of benzene rings is 1. The molecular formula is C16H17N3OS. The summed E-state index contributed by atoms with van der Waals surface area (Å²) in [5, 5.41) is 0.666. The topological polar surface area (TPSA) is 38.1 Å². The Kier molecular flexibility index (Phi) is 3.22. The highest BCUT2D eigenvalue weighted by Gasteiger charge is 2.41. The third-order valence-electron chi connectivity index (χ3n) is 4.29. The molecular weight excluding hydrogens is 282 g/mol. The first-order valence-corrected chi connectivity index (χ1v) is 8.32. The molecule has 4 nitrogen and oxygen atoms in total. The molecule has 0 saturated carbocycles. The second-order valence-electron chi connectivity index (χ2n) is 5.73. The monoisotopic (exact) mass is 299 g/mol. The lowest BCUT2D eigenvalue weighted by atomic mass is 10.1. The van der Waals surface area contributed by atoms with Crippen molar-refractivity contribution in [1.82, 2.24) is 14.5 Å². The van der Waals surface area contributed by atoms with Crippen molar-refractivity contribution in [2.24, 2.45) is 0 Å². The predicted molar refractivity (Wildman–Crippen MR) is 83.5 cm³/mol. The maximum absolute atomic E-state index is 12.6. The molecule has 0 radical (unpaired) electrons. The van der Waals surface area contributed by atoms with Crippen LogP contribution in [0.15, 0.2) is 43.0 Å². The maximum atomic E-state index is 12.6. The fourth-order valence-corrected chi connectivity index (χ4v) is 4.59. The number of hydrogen-bond donors (Lipinski definition) is 0. The van der Waals surface area contributed by atoms with Crippen molar-refractivity contribution >= 4 is 17.7 Å². The molecule has 2 unspecified atom stereocenters. The van der Waals surface area contributed by atoms with Crippen molar-refractivity contribution < 1.29 is 4.79 Å². The number of imidazole rings is 1. The van der Waals surface area contributed by atoms with E-state index in [-0.39, 0.29) is 5.91 Å². The van der Waals surface area contributed by atoms with Gasteiger partial charge in [0.05, 0.1) is 6.33 Å². The minimum absolute atomic E-state index is 0.192.